The lowest BCUT2D eigenvalue weighted by molar-refractivity contribution is 0.316. The highest BCUT2D eigenvalue weighted by Crippen LogP contribution is 2.14. The molecule has 0 saturated heterocycles. The first-order valence-corrected chi connectivity index (χ1v) is 4.25. The van der Waals surface area contributed by atoms with Crippen LogP contribution in [0.15, 0.2) is 18.5 Å². The number of hydrogen-bond acceptors (Lipinski definition) is 3. The molecule has 13 heavy (non-hydrogen) atoms. The molecular formula is C9H12N4. The van der Waals surface area contributed by atoms with Crippen LogP contribution in [0.25, 0.3) is 11.0 Å². The molecule has 0 atom stereocenters. The number of nitrogens with zero attached hydrogens (tertiary/aromatic N) is 4. The van der Waals surface area contributed by atoms with Crippen molar-refractivity contribution < 1.29 is 0 Å². The molecule has 0 bridgehead atoms. The molecule has 0 amide bonds. The lowest BCUT2D eigenvalue weighted by Crippen LogP contribution is -2.24. The summed E-state index contributed by atoms with van der Waals surface area (Å²) in [5.41, 5.74) is 1.67. The van der Waals surface area contributed by atoms with E-state index < -0.39 is 0 Å². The number of rotatable bonds is 0. The third kappa shape index (κ3) is 1.39. The van der Waals surface area contributed by atoms with Crippen molar-refractivity contribution in [3.05, 3.63) is 18.5 Å². The second-order valence-electron chi connectivity index (χ2n) is 4.02. The summed E-state index contributed by atoms with van der Waals surface area (Å²) in [4.78, 5) is 5.71. The van der Waals surface area contributed by atoms with Gasteiger partial charge in [-0.1, -0.05) is 0 Å². The van der Waals surface area contributed by atoms with Crippen LogP contribution in [0.3, 0.4) is 0 Å². The van der Waals surface area contributed by atoms with E-state index in [1.807, 2.05) is 6.07 Å². The molecule has 0 N–H and O–H groups in total. The molecule has 0 radical (unpaired) electrons. The summed E-state index contributed by atoms with van der Waals surface area (Å²) < 4.78 is 0. The Morgan fingerprint density at radius 2 is 1.85 bits per heavy atom. The van der Waals surface area contributed by atoms with Crippen LogP contribution in [0, 0.1) is 0 Å². The van der Waals surface area contributed by atoms with Gasteiger partial charge in [-0.15, -0.1) is 0 Å². The van der Waals surface area contributed by atoms with E-state index in [0.29, 0.717) is 0 Å². The van der Waals surface area contributed by atoms with Gasteiger partial charge >= 0.3 is 0 Å². The zero-order valence-corrected chi connectivity index (χ0v) is 8.02. The topological polar surface area (TPSA) is 43.6 Å². The summed E-state index contributed by atoms with van der Waals surface area (Å²) in [6.45, 7) is 6.21. The molecule has 4 heteroatoms. The molecule has 0 aliphatic heterocycles. The lowest BCUT2D eigenvalue weighted by Gasteiger charge is -2.16. The molecule has 68 valence electrons. The zero-order chi connectivity index (χ0) is 9.47. The Hall–Kier alpha value is -1.45. The van der Waals surface area contributed by atoms with E-state index in [9.17, 15) is 0 Å². The zero-order valence-electron chi connectivity index (χ0n) is 8.02. The van der Waals surface area contributed by atoms with Gasteiger partial charge in [0.15, 0.2) is 0 Å². The summed E-state index contributed by atoms with van der Waals surface area (Å²) in [6, 6.07) is 1.87. The number of fused-ring (bicyclic) bond motifs is 1. The molecular weight excluding hydrogens is 164 g/mol. The van der Waals surface area contributed by atoms with Gasteiger partial charge in [-0.25, -0.2) is 0 Å². The lowest BCUT2D eigenvalue weighted by atomic mass is 10.1. The summed E-state index contributed by atoms with van der Waals surface area (Å²) in [6.07, 6.45) is 3.45. The number of hydrogen-bond donors (Lipinski definition) is 0. The van der Waals surface area contributed by atoms with Gasteiger partial charge in [-0.05, 0) is 26.8 Å². The summed E-state index contributed by atoms with van der Waals surface area (Å²) in [5.74, 6) is 0. The van der Waals surface area contributed by atoms with Crippen molar-refractivity contribution in [3.8, 4) is 0 Å². The fraction of sp³-hybridized carbons (Fsp3) is 0.444. The van der Waals surface area contributed by atoms with Crippen molar-refractivity contribution in [1.82, 2.24) is 20.0 Å². The monoisotopic (exact) mass is 176 g/mol. The standard InChI is InChI=1S/C9H12N4/c1-9(2,3)13-11-7-4-5-10-6-8(7)12-13/h4-6H,1-3H3. The molecule has 0 aromatic carbocycles. The van der Waals surface area contributed by atoms with Gasteiger partial charge in [0.2, 0.25) is 0 Å². The summed E-state index contributed by atoms with van der Waals surface area (Å²) in [5, 5.41) is 8.68. The summed E-state index contributed by atoms with van der Waals surface area (Å²) in [7, 11) is 0. The summed E-state index contributed by atoms with van der Waals surface area (Å²) >= 11 is 0. The van der Waals surface area contributed by atoms with Crippen LogP contribution in [0.4, 0.5) is 0 Å². The Bertz CT molecular complexity index is 391. The van der Waals surface area contributed by atoms with Crippen LogP contribution in [-0.4, -0.2) is 20.0 Å². The predicted octanol–water partition coefficient (Wildman–Crippen LogP) is 1.58. The van der Waals surface area contributed by atoms with Gasteiger partial charge in [0.05, 0.1) is 11.7 Å². The van der Waals surface area contributed by atoms with Crippen LogP contribution in [0.5, 0.6) is 0 Å². The first-order valence-electron chi connectivity index (χ1n) is 4.25. The highest BCUT2D eigenvalue weighted by molar-refractivity contribution is 5.71. The third-order valence-electron chi connectivity index (χ3n) is 1.78. The van der Waals surface area contributed by atoms with Crippen LogP contribution in [0.1, 0.15) is 20.8 Å². The van der Waals surface area contributed by atoms with Crippen LogP contribution in [0.2, 0.25) is 0 Å². The Balaban J connectivity index is 2.63. The quantitative estimate of drug-likeness (QED) is 0.612. The first kappa shape index (κ1) is 8.16. The third-order valence-corrected chi connectivity index (χ3v) is 1.78. The molecule has 4 nitrogen and oxygen atoms in total. The molecule has 2 aromatic rings. The second kappa shape index (κ2) is 2.52. The first-order chi connectivity index (χ1) is 6.07. The van der Waals surface area contributed by atoms with Gasteiger partial charge in [0, 0.05) is 6.20 Å². The Kier molecular flexibility index (Phi) is 1.58. The van der Waals surface area contributed by atoms with Crippen LogP contribution < -0.4 is 0 Å². The van der Waals surface area contributed by atoms with E-state index in [-0.39, 0.29) is 5.54 Å². The van der Waals surface area contributed by atoms with E-state index >= 15 is 0 Å². The minimum absolute atomic E-state index is 0.0704. The Morgan fingerprint density at radius 3 is 2.46 bits per heavy atom. The van der Waals surface area contributed by atoms with Crippen molar-refractivity contribution in [2.45, 2.75) is 26.3 Å². The second-order valence-corrected chi connectivity index (χ2v) is 4.02. The average molecular weight is 176 g/mol. The van der Waals surface area contributed by atoms with Crippen molar-refractivity contribution in [2.24, 2.45) is 0 Å². The maximum absolute atomic E-state index is 4.35. The average Bonchev–Trinajstić information content (AvgIpc) is 2.45. The number of pyridine rings is 1. The smallest absolute Gasteiger partial charge is 0.131 e. The highest BCUT2D eigenvalue weighted by Gasteiger charge is 2.15. The van der Waals surface area contributed by atoms with E-state index in [4.69, 9.17) is 0 Å². The fourth-order valence-electron chi connectivity index (χ4n) is 1.07. The van der Waals surface area contributed by atoms with E-state index in [1.165, 1.54) is 0 Å². The maximum atomic E-state index is 4.35. The Morgan fingerprint density at radius 1 is 1.15 bits per heavy atom. The molecule has 0 saturated carbocycles. The maximum Gasteiger partial charge on any atom is 0.131 e. The van der Waals surface area contributed by atoms with Gasteiger partial charge < -0.3 is 0 Å². The van der Waals surface area contributed by atoms with E-state index in [2.05, 4.69) is 36.0 Å². The minimum atomic E-state index is -0.0704. The van der Waals surface area contributed by atoms with Crippen LogP contribution >= 0.6 is 0 Å². The number of aromatic nitrogens is 4. The largest absolute Gasteiger partial charge is 0.262 e. The molecule has 2 rings (SSSR count). The van der Waals surface area contributed by atoms with Crippen molar-refractivity contribution in [1.29, 1.82) is 0 Å². The van der Waals surface area contributed by atoms with Gasteiger partial charge in [0.25, 0.3) is 0 Å². The molecule has 0 aliphatic carbocycles. The fourth-order valence-corrected chi connectivity index (χ4v) is 1.07. The van der Waals surface area contributed by atoms with E-state index in [0.717, 1.165) is 11.0 Å². The van der Waals surface area contributed by atoms with Gasteiger partial charge in [0.1, 0.15) is 11.0 Å². The normalized spacial score (nSPS) is 12.2. The van der Waals surface area contributed by atoms with Gasteiger partial charge in [-0.2, -0.15) is 15.0 Å². The predicted molar refractivity (Wildman–Crippen MR) is 50.3 cm³/mol. The molecule has 0 aliphatic rings. The molecule has 2 heterocycles. The Labute approximate surface area is 76.6 Å². The molecule has 0 fully saturated rings. The van der Waals surface area contributed by atoms with Crippen molar-refractivity contribution >= 4 is 11.0 Å². The van der Waals surface area contributed by atoms with Crippen molar-refractivity contribution in [2.75, 3.05) is 0 Å². The molecule has 2 aromatic heterocycles. The van der Waals surface area contributed by atoms with Crippen LogP contribution in [-0.2, 0) is 5.54 Å². The molecule has 0 unspecified atom stereocenters. The van der Waals surface area contributed by atoms with Gasteiger partial charge in [-0.3, -0.25) is 4.98 Å². The van der Waals surface area contributed by atoms with Crippen molar-refractivity contribution in [3.63, 3.8) is 0 Å². The highest BCUT2D eigenvalue weighted by atomic mass is 15.5. The SMILES string of the molecule is CC(C)(C)n1nc2ccncc2n1. The van der Waals surface area contributed by atoms with E-state index in [1.54, 1.807) is 17.2 Å². The minimum Gasteiger partial charge on any atom is -0.262 e. The molecule has 0 spiro atoms.